The molecule has 0 spiro atoms. The Bertz CT molecular complexity index is 1460. The lowest BCUT2D eigenvalue weighted by molar-refractivity contribution is 0.0697. The zero-order valence-corrected chi connectivity index (χ0v) is 18.3. The Kier molecular flexibility index (Phi) is 5.66. The Morgan fingerprint density at radius 2 is 1.73 bits per heavy atom. The van der Waals surface area contributed by atoms with Gasteiger partial charge >= 0.3 is 5.97 Å². The summed E-state index contributed by atoms with van der Waals surface area (Å²) in [5.41, 5.74) is 4.82. The van der Waals surface area contributed by atoms with Crippen LogP contribution in [0.5, 0.6) is 5.75 Å². The van der Waals surface area contributed by atoms with Crippen molar-refractivity contribution in [2.45, 2.75) is 20.8 Å². The van der Waals surface area contributed by atoms with Gasteiger partial charge in [-0.2, -0.15) is 5.11 Å². The molecular formula is C25H22N4O4. The summed E-state index contributed by atoms with van der Waals surface area (Å²) >= 11 is 0. The first-order valence-electron chi connectivity index (χ1n) is 10.2. The van der Waals surface area contributed by atoms with Crippen molar-refractivity contribution in [3.8, 4) is 22.6 Å². The maximum Gasteiger partial charge on any atom is 0.335 e. The first kappa shape index (κ1) is 21.8. The molecule has 0 fully saturated rings. The average Bonchev–Trinajstić information content (AvgIpc) is 3.07. The molecule has 33 heavy (non-hydrogen) atoms. The monoisotopic (exact) mass is 442 g/mol. The highest BCUT2D eigenvalue weighted by atomic mass is 16.4. The predicted octanol–water partition coefficient (Wildman–Crippen LogP) is 5.58. The Labute approximate surface area is 189 Å². The molecule has 8 nitrogen and oxygen atoms in total. The number of carboxylic acid groups (broad SMARTS) is 1. The van der Waals surface area contributed by atoms with Crippen LogP contribution >= 0.6 is 0 Å². The molecule has 1 aromatic heterocycles. The van der Waals surface area contributed by atoms with Crippen LogP contribution in [0.3, 0.4) is 0 Å². The molecule has 0 aliphatic rings. The van der Waals surface area contributed by atoms with Gasteiger partial charge in [-0.05, 0) is 73.9 Å². The van der Waals surface area contributed by atoms with Crippen LogP contribution in [0.4, 0.5) is 11.4 Å². The second kappa shape index (κ2) is 8.58. The standard InChI is InChI=1S/C25H22N4O4/c1-14-7-9-20(11-15(14)2)29-24(31)23(16(3)28-29)27-26-19-8-10-21(22(30)13-19)17-5-4-6-18(12-17)25(32)33/h4-13,28,30H,1-3H3,(H,32,33). The van der Waals surface area contributed by atoms with Gasteiger partial charge in [0.1, 0.15) is 5.75 Å². The minimum absolute atomic E-state index is 0.0766. The predicted molar refractivity (Wildman–Crippen MR) is 125 cm³/mol. The van der Waals surface area contributed by atoms with E-state index in [0.717, 1.165) is 11.1 Å². The van der Waals surface area contributed by atoms with Gasteiger partial charge in [-0.15, -0.1) is 5.11 Å². The molecule has 3 aromatic carbocycles. The highest BCUT2D eigenvalue weighted by Gasteiger charge is 2.13. The number of hydrogen-bond donors (Lipinski definition) is 3. The molecule has 0 atom stereocenters. The third-order valence-electron chi connectivity index (χ3n) is 5.46. The highest BCUT2D eigenvalue weighted by molar-refractivity contribution is 5.89. The first-order chi connectivity index (χ1) is 15.7. The minimum atomic E-state index is -1.05. The van der Waals surface area contributed by atoms with E-state index in [-0.39, 0.29) is 22.6 Å². The zero-order chi connectivity index (χ0) is 23.7. The average molecular weight is 442 g/mol. The third-order valence-corrected chi connectivity index (χ3v) is 5.46. The van der Waals surface area contributed by atoms with Crippen molar-refractivity contribution >= 4 is 17.3 Å². The molecule has 1 heterocycles. The van der Waals surface area contributed by atoms with Crippen LogP contribution in [0.1, 0.15) is 27.2 Å². The summed E-state index contributed by atoms with van der Waals surface area (Å²) in [6, 6.07) is 16.7. The fourth-order valence-electron chi connectivity index (χ4n) is 3.46. The summed E-state index contributed by atoms with van der Waals surface area (Å²) in [5, 5.41) is 30.9. The lowest BCUT2D eigenvalue weighted by Crippen LogP contribution is -2.14. The molecule has 0 amide bonds. The van der Waals surface area contributed by atoms with E-state index in [2.05, 4.69) is 15.3 Å². The van der Waals surface area contributed by atoms with Crippen LogP contribution in [0.2, 0.25) is 0 Å². The van der Waals surface area contributed by atoms with Crippen LogP contribution in [-0.2, 0) is 0 Å². The lowest BCUT2D eigenvalue weighted by atomic mass is 10.0. The number of aromatic hydroxyl groups is 1. The number of aryl methyl sites for hydroxylation is 3. The Balaban J connectivity index is 1.64. The molecular weight excluding hydrogens is 420 g/mol. The number of H-pyrrole nitrogens is 1. The van der Waals surface area contributed by atoms with E-state index in [1.54, 1.807) is 31.2 Å². The van der Waals surface area contributed by atoms with Crippen molar-refractivity contribution in [3.63, 3.8) is 0 Å². The van der Waals surface area contributed by atoms with Gasteiger partial charge in [0.25, 0.3) is 5.56 Å². The summed E-state index contributed by atoms with van der Waals surface area (Å²) in [5.74, 6) is -1.12. The van der Waals surface area contributed by atoms with Crippen molar-refractivity contribution in [2.75, 3.05) is 0 Å². The van der Waals surface area contributed by atoms with Crippen molar-refractivity contribution in [2.24, 2.45) is 10.2 Å². The van der Waals surface area contributed by atoms with Gasteiger partial charge in [0.05, 0.1) is 22.6 Å². The summed E-state index contributed by atoms with van der Waals surface area (Å²) in [4.78, 5) is 24.1. The summed E-state index contributed by atoms with van der Waals surface area (Å²) in [6.45, 7) is 5.72. The molecule has 166 valence electrons. The van der Waals surface area contributed by atoms with E-state index >= 15 is 0 Å². The number of nitrogens with zero attached hydrogens (tertiary/aromatic N) is 3. The summed E-state index contributed by atoms with van der Waals surface area (Å²) in [7, 11) is 0. The van der Waals surface area contributed by atoms with Gasteiger partial charge in [0, 0.05) is 11.6 Å². The molecule has 0 aliphatic carbocycles. The van der Waals surface area contributed by atoms with Crippen LogP contribution < -0.4 is 5.56 Å². The second-order valence-electron chi connectivity index (χ2n) is 7.78. The van der Waals surface area contributed by atoms with Crippen LogP contribution in [0.15, 0.2) is 75.7 Å². The molecule has 4 rings (SSSR count). The van der Waals surface area contributed by atoms with Gasteiger partial charge < -0.3 is 10.2 Å². The fraction of sp³-hybridized carbons (Fsp3) is 0.120. The first-order valence-corrected chi connectivity index (χ1v) is 10.2. The number of aromatic nitrogens is 2. The highest BCUT2D eigenvalue weighted by Crippen LogP contribution is 2.33. The number of carboxylic acids is 1. The number of rotatable bonds is 5. The normalized spacial score (nSPS) is 11.2. The van der Waals surface area contributed by atoms with Crippen molar-refractivity contribution in [1.82, 2.24) is 9.78 Å². The fourth-order valence-corrected chi connectivity index (χ4v) is 3.46. The van der Waals surface area contributed by atoms with Crippen molar-refractivity contribution < 1.29 is 15.0 Å². The number of aromatic carboxylic acids is 1. The number of phenolic OH excluding ortho intramolecular Hbond substituents is 1. The molecule has 0 saturated heterocycles. The molecule has 0 radical (unpaired) electrons. The molecule has 8 heteroatoms. The van der Waals surface area contributed by atoms with E-state index in [1.165, 1.54) is 22.9 Å². The summed E-state index contributed by atoms with van der Waals surface area (Å²) < 4.78 is 1.42. The van der Waals surface area contributed by atoms with Gasteiger partial charge in [-0.1, -0.05) is 18.2 Å². The Morgan fingerprint density at radius 1 is 0.939 bits per heavy atom. The van der Waals surface area contributed by atoms with Crippen LogP contribution in [0, 0.1) is 20.8 Å². The van der Waals surface area contributed by atoms with E-state index in [1.807, 2.05) is 32.0 Å². The van der Waals surface area contributed by atoms with E-state index in [9.17, 15) is 19.8 Å². The van der Waals surface area contributed by atoms with E-state index in [4.69, 9.17) is 0 Å². The zero-order valence-electron chi connectivity index (χ0n) is 18.3. The number of carbonyl (C=O) groups is 1. The molecule has 3 N–H and O–H groups in total. The third kappa shape index (κ3) is 4.31. The van der Waals surface area contributed by atoms with Crippen LogP contribution in [-0.4, -0.2) is 26.0 Å². The molecule has 4 aromatic rings. The maximum absolute atomic E-state index is 12.9. The smallest absolute Gasteiger partial charge is 0.335 e. The number of benzene rings is 3. The quantitative estimate of drug-likeness (QED) is 0.350. The van der Waals surface area contributed by atoms with Crippen molar-refractivity contribution in [1.29, 1.82) is 0 Å². The van der Waals surface area contributed by atoms with E-state index < -0.39 is 5.97 Å². The lowest BCUT2D eigenvalue weighted by Gasteiger charge is -2.06. The molecule has 0 unspecified atom stereocenters. The van der Waals surface area contributed by atoms with Gasteiger partial charge in [-0.25, -0.2) is 9.48 Å². The number of nitrogens with one attached hydrogen (secondary N) is 1. The number of hydrogen-bond acceptors (Lipinski definition) is 5. The number of azo groups is 1. The van der Waals surface area contributed by atoms with Gasteiger partial charge in [-0.3, -0.25) is 9.89 Å². The molecule has 0 saturated carbocycles. The summed E-state index contributed by atoms with van der Waals surface area (Å²) in [6.07, 6.45) is 0. The van der Waals surface area contributed by atoms with Gasteiger partial charge in [0.15, 0.2) is 5.69 Å². The topological polar surface area (TPSA) is 120 Å². The van der Waals surface area contributed by atoms with Crippen molar-refractivity contribution in [3.05, 3.63) is 93.4 Å². The Hall–Kier alpha value is -4.46. The molecule has 0 aliphatic heterocycles. The number of aromatic amines is 1. The van der Waals surface area contributed by atoms with E-state index in [0.29, 0.717) is 28.2 Å². The molecule has 0 bridgehead atoms. The second-order valence-corrected chi connectivity index (χ2v) is 7.78. The minimum Gasteiger partial charge on any atom is -0.507 e. The Morgan fingerprint density at radius 3 is 2.42 bits per heavy atom. The van der Waals surface area contributed by atoms with Gasteiger partial charge in [0.2, 0.25) is 0 Å². The SMILES string of the molecule is Cc1ccc(-n2[nH]c(C)c(N=Nc3ccc(-c4cccc(C(=O)O)c4)c(O)c3)c2=O)cc1C. The maximum atomic E-state index is 12.9. The largest absolute Gasteiger partial charge is 0.507 e. The van der Waals surface area contributed by atoms with Crippen LogP contribution in [0.25, 0.3) is 16.8 Å². The number of phenols is 1.